The smallest absolute Gasteiger partial charge is 0.179 e. The van der Waals surface area contributed by atoms with E-state index in [-0.39, 0.29) is 11.9 Å². The van der Waals surface area contributed by atoms with Gasteiger partial charge >= 0.3 is 0 Å². The molecular formula is C15H14ClNO2. The van der Waals surface area contributed by atoms with Crippen molar-refractivity contribution < 1.29 is 9.53 Å². The van der Waals surface area contributed by atoms with Crippen LogP contribution in [0.5, 0.6) is 0 Å². The summed E-state index contributed by atoms with van der Waals surface area (Å²) in [6, 6.07) is 5.93. The zero-order chi connectivity index (χ0) is 13.0. The average Bonchev–Trinajstić information content (AvgIpc) is 3.14. The topological polar surface area (TPSA) is 34.5 Å². The van der Waals surface area contributed by atoms with Gasteiger partial charge in [-0.05, 0) is 24.5 Å². The fourth-order valence-electron chi connectivity index (χ4n) is 3.11. The molecule has 4 heteroatoms. The van der Waals surface area contributed by atoms with E-state index in [4.69, 9.17) is 16.3 Å². The lowest BCUT2D eigenvalue weighted by molar-refractivity contribution is 0.0963. The highest BCUT2D eigenvalue weighted by molar-refractivity contribution is 6.35. The second-order valence-electron chi connectivity index (χ2n) is 5.31. The molecule has 3 nitrogen and oxygen atoms in total. The molecule has 0 radical (unpaired) electrons. The standard InChI is InChI=1S/C15H14ClNO2/c16-12-5-1-3-10-11-4-2-6-13(18)15(11)17(14(10)12)7-9-8-19-9/h1,3,5,9H,2,4,6-8H2/t9-/m0/s1. The van der Waals surface area contributed by atoms with E-state index in [1.807, 2.05) is 12.1 Å². The van der Waals surface area contributed by atoms with Crippen molar-refractivity contribution in [2.45, 2.75) is 31.9 Å². The Hall–Kier alpha value is -1.32. The minimum absolute atomic E-state index is 0.241. The molecule has 0 spiro atoms. The molecule has 0 saturated carbocycles. The molecule has 19 heavy (non-hydrogen) atoms. The number of benzene rings is 1. The minimum atomic E-state index is 0.241. The van der Waals surface area contributed by atoms with Crippen LogP contribution in [-0.2, 0) is 17.7 Å². The van der Waals surface area contributed by atoms with Crippen LogP contribution in [0.2, 0.25) is 5.02 Å². The zero-order valence-electron chi connectivity index (χ0n) is 10.5. The number of epoxide rings is 1. The number of hydrogen-bond acceptors (Lipinski definition) is 2. The molecule has 2 aliphatic rings. The van der Waals surface area contributed by atoms with Crippen LogP contribution in [0.1, 0.15) is 28.9 Å². The fraction of sp³-hybridized carbons (Fsp3) is 0.400. The first kappa shape index (κ1) is 11.5. The van der Waals surface area contributed by atoms with Crippen LogP contribution in [-0.4, -0.2) is 23.1 Å². The van der Waals surface area contributed by atoms with E-state index in [2.05, 4.69) is 10.6 Å². The van der Waals surface area contributed by atoms with Gasteiger partial charge in [-0.15, -0.1) is 0 Å². The van der Waals surface area contributed by atoms with E-state index in [9.17, 15) is 4.79 Å². The Bertz CT molecular complexity index is 685. The first-order chi connectivity index (χ1) is 9.25. The Morgan fingerprint density at radius 2 is 2.21 bits per heavy atom. The molecule has 0 N–H and O–H groups in total. The number of rotatable bonds is 2. The maximum absolute atomic E-state index is 12.3. The molecule has 4 rings (SSSR count). The molecule has 1 aromatic heterocycles. The molecule has 1 aromatic carbocycles. The first-order valence-electron chi connectivity index (χ1n) is 6.70. The predicted molar refractivity (Wildman–Crippen MR) is 74.0 cm³/mol. The van der Waals surface area contributed by atoms with Crippen molar-refractivity contribution in [3.05, 3.63) is 34.5 Å². The number of carbonyl (C=O) groups excluding carboxylic acids is 1. The van der Waals surface area contributed by atoms with Crippen molar-refractivity contribution in [1.82, 2.24) is 4.57 Å². The highest BCUT2D eigenvalue weighted by Crippen LogP contribution is 2.36. The van der Waals surface area contributed by atoms with Crippen LogP contribution in [0.25, 0.3) is 10.9 Å². The number of fused-ring (bicyclic) bond motifs is 3. The zero-order valence-corrected chi connectivity index (χ0v) is 11.2. The van der Waals surface area contributed by atoms with E-state index < -0.39 is 0 Å². The molecule has 98 valence electrons. The Morgan fingerprint density at radius 1 is 1.37 bits per heavy atom. The maximum Gasteiger partial charge on any atom is 0.179 e. The fourth-order valence-corrected chi connectivity index (χ4v) is 3.39. The molecule has 0 unspecified atom stereocenters. The lowest BCUT2D eigenvalue weighted by Gasteiger charge is -2.14. The summed E-state index contributed by atoms with van der Waals surface area (Å²) >= 11 is 6.36. The quantitative estimate of drug-likeness (QED) is 0.789. The highest BCUT2D eigenvalue weighted by Gasteiger charge is 2.31. The number of hydrogen-bond donors (Lipinski definition) is 0. The lowest BCUT2D eigenvalue weighted by Crippen LogP contribution is -2.17. The molecular weight excluding hydrogens is 262 g/mol. The first-order valence-corrected chi connectivity index (χ1v) is 7.08. The number of halogens is 1. The van der Waals surface area contributed by atoms with Gasteiger partial charge < -0.3 is 9.30 Å². The molecule has 1 aliphatic carbocycles. The summed E-state index contributed by atoms with van der Waals surface area (Å²) in [5.74, 6) is 0.245. The predicted octanol–water partition coefficient (Wildman–Crippen LogP) is 3.21. The monoisotopic (exact) mass is 275 g/mol. The van der Waals surface area contributed by atoms with Crippen LogP contribution < -0.4 is 0 Å². The largest absolute Gasteiger partial charge is 0.371 e. The van der Waals surface area contributed by atoms with Gasteiger partial charge in [0.2, 0.25) is 0 Å². The van der Waals surface area contributed by atoms with E-state index in [1.54, 1.807) is 0 Å². The van der Waals surface area contributed by atoms with Gasteiger partial charge in [0, 0.05) is 11.8 Å². The molecule has 2 aromatic rings. The van der Waals surface area contributed by atoms with Gasteiger partial charge in [0.25, 0.3) is 0 Å². The van der Waals surface area contributed by atoms with Crippen LogP contribution in [0.3, 0.4) is 0 Å². The van der Waals surface area contributed by atoms with Gasteiger partial charge in [0.15, 0.2) is 5.78 Å². The van der Waals surface area contributed by atoms with Gasteiger partial charge in [-0.3, -0.25) is 4.79 Å². The number of ether oxygens (including phenoxy) is 1. The Kier molecular flexibility index (Phi) is 2.47. The Morgan fingerprint density at radius 3 is 3.00 bits per heavy atom. The average molecular weight is 276 g/mol. The second kappa shape index (κ2) is 4.09. The van der Waals surface area contributed by atoms with Crippen LogP contribution in [0, 0.1) is 0 Å². The second-order valence-corrected chi connectivity index (χ2v) is 5.71. The van der Waals surface area contributed by atoms with Crippen molar-refractivity contribution >= 4 is 28.3 Å². The number of nitrogens with zero attached hydrogens (tertiary/aromatic N) is 1. The third-order valence-corrected chi connectivity index (χ3v) is 4.33. The normalized spacial score (nSPS) is 21.7. The lowest BCUT2D eigenvalue weighted by atomic mass is 9.94. The number of aromatic nitrogens is 1. The summed E-state index contributed by atoms with van der Waals surface area (Å²) in [7, 11) is 0. The minimum Gasteiger partial charge on any atom is -0.371 e. The van der Waals surface area contributed by atoms with Crippen molar-refractivity contribution in [1.29, 1.82) is 0 Å². The number of aryl methyl sites for hydroxylation is 1. The van der Waals surface area contributed by atoms with Gasteiger partial charge in [-0.2, -0.15) is 0 Å². The van der Waals surface area contributed by atoms with E-state index in [1.165, 1.54) is 5.56 Å². The molecule has 1 saturated heterocycles. The van der Waals surface area contributed by atoms with E-state index in [0.29, 0.717) is 6.42 Å². The number of Topliss-reactive ketones (excluding diaryl/α,β-unsaturated/α-hetero) is 1. The number of ketones is 1. The highest BCUT2D eigenvalue weighted by atomic mass is 35.5. The SMILES string of the molecule is O=C1CCCc2c1n(C[C@H]1CO1)c1c(Cl)cccc21. The summed E-state index contributed by atoms with van der Waals surface area (Å²) in [4.78, 5) is 12.3. The number of carbonyl (C=O) groups is 1. The van der Waals surface area contributed by atoms with Crippen molar-refractivity contribution in [2.24, 2.45) is 0 Å². The molecule has 1 aliphatic heterocycles. The third kappa shape index (κ3) is 1.72. The maximum atomic E-state index is 12.3. The molecule has 1 atom stereocenters. The van der Waals surface area contributed by atoms with Gasteiger partial charge in [-0.1, -0.05) is 23.7 Å². The van der Waals surface area contributed by atoms with Crippen LogP contribution in [0.4, 0.5) is 0 Å². The van der Waals surface area contributed by atoms with Gasteiger partial charge in [-0.25, -0.2) is 0 Å². The Balaban J connectivity index is 2.04. The van der Waals surface area contributed by atoms with Crippen molar-refractivity contribution in [3.8, 4) is 0 Å². The number of para-hydroxylation sites is 1. The molecule has 2 heterocycles. The van der Waals surface area contributed by atoms with Crippen LogP contribution >= 0.6 is 11.6 Å². The summed E-state index contributed by atoms with van der Waals surface area (Å²) in [6.45, 7) is 1.52. The summed E-state index contributed by atoms with van der Waals surface area (Å²) in [5.41, 5.74) is 3.04. The van der Waals surface area contributed by atoms with Crippen molar-refractivity contribution in [2.75, 3.05) is 6.61 Å². The third-order valence-electron chi connectivity index (χ3n) is 4.02. The summed E-state index contributed by atoms with van der Waals surface area (Å²) in [6.07, 6.45) is 2.80. The molecule has 0 amide bonds. The Labute approximate surface area is 116 Å². The van der Waals surface area contributed by atoms with Gasteiger partial charge in [0.05, 0.1) is 35.5 Å². The molecule has 1 fully saturated rings. The van der Waals surface area contributed by atoms with Crippen LogP contribution in [0.15, 0.2) is 18.2 Å². The van der Waals surface area contributed by atoms with E-state index in [0.717, 1.165) is 47.6 Å². The van der Waals surface area contributed by atoms with Crippen molar-refractivity contribution in [3.63, 3.8) is 0 Å². The summed E-state index contributed by atoms with van der Waals surface area (Å²) in [5, 5.41) is 1.86. The van der Waals surface area contributed by atoms with E-state index >= 15 is 0 Å². The molecule has 0 bridgehead atoms. The van der Waals surface area contributed by atoms with Gasteiger partial charge in [0.1, 0.15) is 0 Å². The summed E-state index contributed by atoms with van der Waals surface area (Å²) < 4.78 is 7.41.